The van der Waals surface area contributed by atoms with Gasteiger partial charge in [-0.1, -0.05) is 17.7 Å². The monoisotopic (exact) mass is 333 g/mol. The van der Waals surface area contributed by atoms with Gasteiger partial charge >= 0.3 is 6.01 Å². The number of nitrogens with zero attached hydrogens (tertiary/aromatic N) is 5. The van der Waals surface area contributed by atoms with E-state index >= 15 is 0 Å². The van der Waals surface area contributed by atoms with E-state index in [2.05, 4.69) is 15.0 Å². The number of methoxy groups -OCH3 is 1. The minimum absolute atomic E-state index is 0.0587. The molecule has 7 nitrogen and oxygen atoms in total. The average Bonchev–Trinajstić information content (AvgIpc) is 2.62. The standard InChI is InChI=1S/C15H16ClN5O2/c1-23-15-18-10-11(16)13(19-15)20-6-8-21(9-7-20)14(22)12-4-2-3-5-17-12/h2-5,10H,6-9H2,1H3. The lowest BCUT2D eigenvalue weighted by Gasteiger charge is -2.35. The van der Waals surface area contributed by atoms with Crippen LogP contribution < -0.4 is 9.64 Å². The highest BCUT2D eigenvalue weighted by Crippen LogP contribution is 2.25. The Balaban J connectivity index is 1.68. The number of anilines is 1. The Bertz CT molecular complexity index is 690. The van der Waals surface area contributed by atoms with Crippen LogP contribution in [0.5, 0.6) is 6.01 Å². The van der Waals surface area contributed by atoms with Crippen molar-refractivity contribution >= 4 is 23.3 Å². The third-order valence-corrected chi connectivity index (χ3v) is 3.90. The highest BCUT2D eigenvalue weighted by molar-refractivity contribution is 6.32. The van der Waals surface area contributed by atoms with Gasteiger partial charge in [-0.15, -0.1) is 0 Å². The van der Waals surface area contributed by atoms with Crippen LogP contribution in [0.3, 0.4) is 0 Å². The summed E-state index contributed by atoms with van der Waals surface area (Å²) in [6, 6.07) is 5.60. The van der Waals surface area contributed by atoms with Crippen LogP contribution in [0.2, 0.25) is 5.02 Å². The summed E-state index contributed by atoms with van der Waals surface area (Å²) >= 11 is 6.17. The number of carbonyl (C=O) groups is 1. The van der Waals surface area contributed by atoms with Crippen molar-refractivity contribution in [2.24, 2.45) is 0 Å². The van der Waals surface area contributed by atoms with Gasteiger partial charge < -0.3 is 14.5 Å². The molecule has 0 aromatic carbocycles. The van der Waals surface area contributed by atoms with Gasteiger partial charge in [0.05, 0.1) is 13.3 Å². The minimum Gasteiger partial charge on any atom is -0.467 e. The molecule has 1 aliphatic rings. The molecule has 1 aliphatic heterocycles. The first kappa shape index (κ1) is 15.5. The molecule has 0 radical (unpaired) electrons. The number of ether oxygens (including phenoxy) is 1. The van der Waals surface area contributed by atoms with Gasteiger partial charge in [0.25, 0.3) is 5.91 Å². The van der Waals surface area contributed by atoms with Crippen LogP contribution in [0, 0.1) is 0 Å². The zero-order valence-electron chi connectivity index (χ0n) is 12.6. The second-order valence-corrected chi connectivity index (χ2v) is 5.43. The van der Waals surface area contributed by atoms with E-state index in [-0.39, 0.29) is 11.9 Å². The van der Waals surface area contributed by atoms with Crippen molar-refractivity contribution < 1.29 is 9.53 Å². The number of hydrogen-bond donors (Lipinski definition) is 0. The molecule has 0 atom stereocenters. The second kappa shape index (κ2) is 6.78. The van der Waals surface area contributed by atoms with Crippen LogP contribution in [-0.2, 0) is 0 Å². The number of pyridine rings is 1. The third-order valence-electron chi connectivity index (χ3n) is 3.64. The molecule has 2 aromatic heterocycles. The summed E-state index contributed by atoms with van der Waals surface area (Å²) in [4.78, 5) is 28.6. The van der Waals surface area contributed by atoms with E-state index < -0.39 is 0 Å². The first-order valence-corrected chi connectivity index (χ1v) is 7.58. The number of halogens is 1. The summed E-state index contributed by atoms with van der Waals surface area (Å²) in [6.45, 7) is 2.44. The predicted molar refractivity (Wildman–Crippen MR) is 85.9 cm³/mol. The molecule has 0 spiro atoms. The highest BCUT2D eigenvalue weighted by Gasteiger charge is 2.25. The van der Waals surface area contributed by atoms with Crippen LogP contribution in [0.4, 0.5) is 5.82 Å². The van der Waals surface area contributed by atoms with Crippen LogP contribution >= 0.6 is 11.6 Å². The largest absolute Gasteiger partial charge is 0.467 e. The quantitative estimate of drug-likeness (QED) is 0.847. The predicted octanol–water partition coefficient (Wildman–Crippen LogP) is 1.50. The van der Waals surface area contributed by atoms with Crippen LogP contribution in [0.1, 0.15) is 10.5 Å². The molecule has 3 heterocycles. The Kier molecular flexibility index (Phi) is 4.57. The first-order valence-electron chi connectivity index (χ1n) is 7.21. The first-order chi connectivity index (χ1) is 11.2. The lowest BCUT2D eigenvalue weighted by Crippen LogP contribution is -2.49. The number of amides is 1. The molecule has 1 saturated heterocycles. The van der Waals surface area contributed by atoms with Gasteiger partial charge in [0.1, 0.15) is 10.7 Å². The molecule has 0 N–H and O–H groups in total. The second-order valence-electron chi connectivity index (χ2n) is 5.02. The third kappa shape index (κ3) is 3.34. The molecule has 0 saturated carbocycles. The van der Waals surface area contributed by atoms with Crippen molar-refractivity contribution in [2.45, 2.75) is 0 Å². The number of carbonyl (C=O) groups excluding carboxylic acids is 1. The zero-order chi connectivity index (χ0) is 16.2. The summed E-state index contributed by atoms with van der Waals surface area (Å²) in [5.74, 6) is 0.570. The van der Waals surface area contributed by atoms with Crippen molar-refractivity contribution in [1.82, 2.24) is 19.9 Å². The molecule has 120 valence electrons. The Morgan fingerprint density at radius 1 is 1.22 bits per heavy atom. The lowest BCUT2D eigenvalue weighted by atomic mass is 10.2. The van der Waals surface area contributed by atoms with E-state index in [1.807, 2.05) is 11.0 Å². The molecule has 0 bridgehead atoms. The fourth-order valence-corrected chi connectivity index (χ4v) is 2.65. The van der Waals surface area contributed by atoms with E-state index in [0.29, 0.717) is 42.7 Å². The molecule has 8 heteroatoms. The molecule has 0 unspecified atom stereocenters. The van der Waals surface area contributed by atoms with E-state index in [0.717, 1.165) is 0 Å². The van der Waals surface area contributed by atoms with Crippen LogP contribution in [-0.4, -0.2) is 59.0 Å². The van der Waals surface area contributed by atoms with Gasteiger partial charge in [0.15, 0.2) is 5.82 Å². The summed E-state index contributed by atoms with van der Waals surface area (Å²) < 4.78 is 5.04. The zero-order valence-corrected chi connectivity index (χ0v) is 13.4. The molecule has 0 aliphatic carbocycles. The van der Waals surface area contributed by atoms with Gasteiger partial charge in [-0.2, -0.15) is 4.98 Å². The number of piperazine rings is 1. The van der Waals surface area contributed by atoms with Gasteiger partial charge in [-0.3, -0.25) is 9.78 Å². The summed E-state index contributed by atoms with van der Waals surface area (Å²) in [6.07, 6.45) is 3.14. The summed E-state index contributed by atoms with van der Waals surface area (Å²) in [5.41, 5.74) is 0.461. The molecule has 1 fully saturated rings. The Hall–Kier alpha value is -2.41. The van der Waals surface area contributed by atoms with Crippen molar-refractivity contribution in [1.29, 1.82) is 0 Å². The van der Waals surface area contributed by atoms with Gasteiger partial charge in [0, 0.05) is 32.4 Å². The summed E-state index contributed by atoms with van der Waals surface area (Å²) in [7, 11) is 1.51. The SMILES string of the molecule is COc1ncc(Cl)c(N2CCN(C(=O)c3ccccn3)CC2)n1. The minimum atomic E-state index is -0.0587. The maximum Gasteiger partial charge on any atom is 0.318 e. The van der Waals surface area contributed by atoms with Gasteiger partial charge in [-0.05, 0) is 12.1 Å². The fraction of sp³-hybridized carbons (Fsp3) is 0.333. The number of hydrogen-bond acceptors (Lipinski definition) is 6. The lowest BCUT2D eigenvalue weighted by molar-refractivity contribution is 0.0740. The van der Waals surface area contributed by atoms with E-state index in [9.17, 15) is 4.79 Å². The highest BCUT2D eigenvalue weighted by atomic mass is 35.5. The van der Waals surface area contributed by atoms with E-state index in [1.165, 1.54) is 13.3 Å². The molecular weight excluding hydrogens is 318 g/mol. The molecule has 2 aromatic rings. The van der Waals surface area contributed by atoms with Gasteiger partial charge in [-0.25, -0.2) is 4.98 Å². The molecule has 23 heavy (non-hydrogen) atoms. The van der Waals surface area contributed by atoms with Crippen molar-refractivity contribution in [2.75, 3.05) is 38.2 Å². The fourth-order valence-electron chi connectivity index (χ4n) is 2.44. The number of rotatable bonds is 3. The maximum absolute atomic E-state index is 12.4. The Labute approximate surface area is 138 Å². The Morgan fingerprint density at radius 3 is 2.65 bits per heavy atom. The summed E-state index contributed by atoms with van der Waals surface area (Å²) in [5, 5.41) is 0.468. The Morgan fingerprint density at radius 2 is 2.00 bits per heavy atom. The van der Waals surface area contributed by atoms with Crippen molar-refractivity contribution in [3.63, 3.8) is 0 Å². The topological polar surface area (TPSA) is 71.5 Å². The van der Waals surface area contributed by atoms with Crippen LogP contribution in [0.25, 0.3) is 0 Å². The molecule has 1 amide bonds. The van der Waals surface area contributed by atoms with Crippen molar-refractivity contribution in [3.8, 4) is 6.01 Å². The van der Waals surface area contributed by atoms with E-state index in [4.69, 9.17) is 16.3 Å². The van der Waals surface area contributed by atoms with Crippen LogP contribution in [0.15, 0.2) is 30.6 Å². The normalized spacial score (nSPS) is 14.7. The molecule has 3 rings (SSSR count). The number of aromatic nitrogens is 3. The smallest absolute Gasteiger partial charge is 0.318 e. The molecular formula is C15H16ClN5O2. The maximum atomic E-state index is 12.4. The van der Waals surface area contributed by atoms with Gasteiger partial charge in [0.2, 0.25) is 0 Å². The average molecular weight is 334 g/mol. The van der Waals surface area contributed by atoms with E-state index in [1.54, 1.807) is 23.2 Å². The van der Waals surface area contributed by atoms with Crippen molar-refractivity contribution in [3.05, 3.63) is 41.3 Å².